The third-order valence-corrected chi connectivity index (χ3v) is 5.16. The number of nitrogens with zero attached hydrogens (tertiary/aromatic N) is 1. The summed E-state index contributed by atoms with van der Waals surface area (Å²) in [7, 11) is 1.66. The van der Waals surface area contributed by atoms with Gasteiger partial charge in [0.25, 0.3) is 0 Å². The summed E-state index contributed by atoms with van der Waals surface area (Å²) >= 11 is 0. The summed E-state index contributed by atoms with van der Waals surface area (Å²) in [4.78, 5) is 25.0. The Balaban J connectivity index is 1.44. The summed E-state index contributed by atoms with van der Waals surface area (Å²) in [5.74, 6) is 0.259. The van der Waals surface area contributed by atoms with Crippen LogP contribution in [-0.2, 0) is 4.79 Å². The number of rotatable bonds is 4. The van der Waals surface area contributed by atoms with Crippen LogP contribution in [0.5, 0.6) is 5.75 Å². The van der Waals surface area contributed by atoms with Gasteiger partial charge in [0.2, 0.25) is 0 Å². The fourth-order valence-electron chi connectivity index (χ4n) is 3.50. The molecular formula is C18H24N2O4. The smallest absolute Gasteiger partial charge is 0.317 e. The minimum absolute atomic E-state index is 0.0621. The first kappa shape index (κ1) is 16.6. The lowest BCUT2D eigenvalue weighted by molar-refractivity contribution is -0.143. The third-order valence-electron chi connectivity index (χ3n) is 5.16. The minimum atomic E-state index is -0.754. The first-order valence-electron chi connectivity index (χ1n) is 8.49. The Hall–Kier alpha value is -2.24. The second kappa shape index (κ2) is 7.11. The van der Waals surface area contributed by atoms with Crippen molar-refractivity contribution in [2.75, 3.05) is 20.2 Å². The lowest BCUT2D eigenvalue weighted by Gasteiger charge is -2.38. The van der Waals surface area contributed by atoms with Gasteiger partial charge in [-0.1, -0.05) is 12.1 Å². The number of carboxylic acids is 1. The monoisotopic (exact) mass is 332 g/mol. The zero-order valence-corrected chi connectivity index (χ0v) is 13.9. The van der Waals surface area contributed by atoms with E-state index in [1.54, 1.807) is 12.0 Å². The number of hydrogen-bond acceptors (Lipinski definition) is 3. The molecule has 6 heteroatoms. The molecule has 2 aliphatic rings. The number of methoxy groups -OCH3 is 1. The summed E-state index contributed by atoms with van der Waals surface area (Å²) < 4.78 is 5.25. The topological polar surface area (TPSA) is 78.9 Å². The van der Waals surface area contributed by atoms with Crippen LogP contribution in [0.2, 0.25) is 0 Å². The molecule has 2 amide bonds. The Labute approximate surface area is 141 Å². The lowest BCUT2D eigenvalue weighted by atomic mass is 9.76. The summed E-state index contributed by atoms with van der Waals surface area (Å²) in [6, 6.07) is 8.22. The van der Waals surface area contributed by atoms with Crippen molar-refractivity contribution in [2.24, 2.45) is 5.92 Å². The van der Waals surface area contributed by atoms with Crippen molar-refractivity contribution in [3.8, 4) is 5.75 Å². The van der Waals surface area contributed by atoms with Crippen molar-refractivity contribution in [1.29, 1.82) is 0 Å². The van der Waals surface area contributed by atoms with E-state index in [1.807, 2.05) is 12.1 Å². The van der Waals surface area contributed by atoms with Crippen molar-refractivity contribution in [3.05, 3.63) is 29.8 Å². The fraction of sp³-hybridized carbons (Fsp3) is 0.556. The maximum Gasteiger partial charge on any atom is 0.317 e. The van der Waals surface area contributed by atoms with Crippen molar-refractivity contribution < 1.29 is 19.4 Å². The summed E-state index contributed by atoms with van der Waals surface area (Å²) in [6.07, 6.45) is 2.95. The Morgan fingerprint density at radius 1 is 1.25 bits per heavy atom. The normalized spacial score (nSPS) is 24.1. The number of carbonyl (C=O) groups excluding carboxylic acids is 1. The molecule has 0 bridgehead atoms. The highest BCUT2D eigenvalue weighted by molar-refractivity contribution is 5.75. The molecule has 2 fully saturated rings. The summed E-state index contributed by atoms with van der Waals surface area (Å²) in [6.45, 7) is 1.05. The van der Waals surface area contributed by atoms with Crippen LogP contribution in [0, 0.1) is 5.92 Å². The molecule has 0 unspecified atom stereocenters. The van der Waals surface area contributed by atoms with E-state index in [4.69, 9.17) is 9.84 Å². The standard InChI is InChI=1S/C18H24N2O4/c1-24-16-4-2-3-13(11-16)14-9-15(10-14)19-18(23)20-7-5-12(6-8-20)17(21)22/h2-4,11-12,14-15H,5-10H2,1H3,(H,19,23)(H,21,22). The number of nitrogens with one attached hydrogen (secondary N) is 1. The average Bonchev–Trinajstić information content (AvgIpc) is 2.57. The summed E-state index contributed by atoms with van der Waals surface area (Å²) in [5, 5.41) is 12.1. The van der Waals surface area contributed by atoms with Gasteiger partial charge in [-0.3, -0.25) is 4.79 Å². The Bertz CT molecular complexity index is 605. The fourth-order valence-corrected chi connectivity index (χ4v) is 3.50. The van der Waals surface area contributed by atoms with Crippen LogP contribution >= 0.6 is 0 Å². The molecule has 3 rings (SSSR count). The van der Waals surface area contributed by atoms with Gasteiger partial charge in [-0.15, -0.1) is 0 Å². The molecule has 1 saturated carbocycles. The minimum Gasteiger partial charge on any atom is -0.497 e. The number of benzene rings is 1. The largest absolute Gasteiger partial charge is 0.497 e. The second-order valence-electron chi connectivity index (χ2n) is 6.69. The van der Waals surface area contributed by atoms with Crippen molar-refractivity contribution in [1.82, 2.24) is 10.2 Å². The van der Waals surface area contributed by atoms with E-state index in [2.05, 4.69) is 17.4 Å². The predicted molar refractivity (Wildman–Crippen MR) is 89.2 cm³/mol. The number of ether oxygens (including phenoxy) is 1. The quantitative estimate of drug-likeness (QED) is 0.888. The number of hydrogen-bond donors (Lipinski definition) is 2. The van der Waals surface area contributed by atoms with E-state index in [9.17, 15) is 9.59 Å². The predicted octanol–water partition coefficient (Wildman–Crippen LogP) is 2.45. The molecule has 130 valence electrons. The number of amides is 2. The number of carboxylic acid groups (broad SMARTS) is 1. The number of carbonyl (C=O) groups is 2. The zero-order valence-electron chi connectivity index (χ0n) is 13.9. The molecule has 0 atom stereocenters. The van der Waals surface area contributed by atoms with Crippen molar-refractivity contribution >= 4 is 12.0 Å². The molecule has 0 radical (unpaired) electrons. The Morgan fingerprint density at radius 3 is 2.58 bits per heavy atom. The van der Waals surface area contributed by atoms with E-state index in [0.717, 1.165) is 18.6 Å². The van der Waals surface area contributed by atoms with E-state index < -0.39 is 5.97 Å². The average molecular weight is 332 g/mol. The second-order valence-corrected chi connectivity index (χ2v) is 6.69. The highest BCUT2D eigenvalue weighted by Crippen LogP contribution is 2.38. The molecule has 24 heavy (non-hydrogen) atoms. The molecule has 0 aromatic heterocycles. The van der Waals surface area contributed by atoms with Crippen LogP contribution in [0.1, 0.15) is 37.2 Å². The highest BCUT2D eigenvalue weighted by Gasteiger charge is 2.34. The van der Waals surface area contributed by atoms with E-state index in [-0.39, 0.29) is 18.0 Å². The van der Waals surface area contributed by atoms with Crippen LogP contribution < -0.4 is 10.1 Å². The van der Waals surface area contributed by atoms with Gasteiger partial charge < -0.3 is 20.1 Å². The third kappa shape index (κ3) is 3.63. The van der Waals surface area contributed by atoms with Crippen LogP contribution in [0.3, 0.4) is 0 Å². The van der Waals surface area contributed by atoms with Gasteiger partial charge in [0.15, 0.2) is 0 Å². The van der Waals surface area contributed by atoms with Gasteiger partial charge >= 0.3 is 12.0 Å². The van der Waals surface area contributed by atoms with Gasteiger partial charge in [-0.05, 0) is 49.3 Å². The number of aliphatic carboxylic acids is 1. The van der Waals surface area contributed by atoms with Crippen molar-refractivity contribution in [2.45, 2.75) is 37.6 Å². The number of urea groups is 1. The molecule has 1 aromatic rings. The van der Waals surface area contributed by atoms with E-state index >= 15 is 0 Å². The Kier molecular flexibility index (Phi) is 4.92. The zero-order chi connectivity index (χ0) is 17.1. The maximum absolute atomic E-state index is 12.3. The first-order chi connectivity index (χ1) is 11.6. The number of piperidine rings is 1. The van der Waals surface area contributed by atoms with Crippen LogP contribution in [0.4, 0.5) is 4.79 Å². The van der Waals surface area contributed by atoms with Gasteiger partial charge in [0.1, 0.15) is 5.75 Å². The Morgan fingerprint density at radius 2 is 1.96 bits per heavy atom. The number of likely N-dealkylation sites (tertiary alicyclic amines) is 1. The molecule has 1 aliphatic heterocycles. The summed E-state index contributed by atoms with van der Waals surface area (Å²) in [5.41, 5.74) is 1.25. The molecule has 1 aliphatic carbocycles. The van der Waals surface area contributed by atoms with E-state index in [1.165, 1.54) is 5.56 Å². The molecule has 0 spiro atoms. The van der Waals surface area contributed by atoms with Gasteiger partial charge in [0, 0.05) is 19.1 Å². The maximum atomic E-state index is 12.3. The molecular weight excluding hydrogens is 308 g/mol. The molecule has 6 nitrogen and oxygen atoms in total. The molecule has 1 saturated heterocycles. The SMILES string of the molecule is COc1cccc(C2CC(NC(=O)N3CCC(C(=O)O)CC3)C2)c1. The molecule has 1 aromatic carbocycles. The van der Waals surface area contributed by atoms with Crippen LogP contribution in [0.25, 0.3) is 0 Å². The van der Waals surface area contributed by atoms with Gasteiger partial charge in [-0.2, -0.15) is 0 Å². The lowest BCUT2D eigenvalue weighted by Crippen LogP contribution is -2.51. The van der Waals surface area contributed by atoms with Gasteiger partial charge in [0.05, 0.1) is 13.0 Å². The highest BCUT2D eigenvalue weighted by atomic mass is 16.5. The van der Waals surface area contributed by atoms with Crippen molar-refractivity contribution in [3.63, 3.8) is 0 Å². The van der Waals surface area contributed by atoms with Gasteiger partial charge in [-0.25, -0.2) is 4.79 Å². The van der Waals surface area contributed by atoms with Crippen LogP contribution in [0.15, 0.2) is 24.3 Å². The first-order valence-corrected chi connectivity index (χ1v) is 8.49. The van der Waals surface area contributed by atoms with E-state index in [0.29, 0.717) is 31.8 Å². The molecule has 2 N–H and O–H groups in total. The van der Waals surface area contributed by atoms with Crippen LogP contribution in [-0.4, -0.2) is 48.2 Å². The molecule has 1 heterocycles.